The fourth-order valence-corrected chi connectivity index (χ4v) is 6.28. The van der Waals surface area contributed by atoms with Crippen LogP contribution < -0.4 is 5.32 Å². The smallest absolute Gasteiger partial charge is 0.235 e. The van der Waals surface area contributed by atoms with Crippen LogP contribution in [0.4, 0.5) is 8.78 Å². The molecule has 32 heavy (non-hydrogen) atoms. The minimum absolute atomic E-state index is 0.00993. The van der Waals surface area contributed by atoms with E-state index in [2.05, 4.69) is 29.4 Å². The monoisotopic (exact) mass is 440 g/mol. The SMILES string of the molecule is CC(=O)N[C@H]1CCN(C(=O)[C@]23CC[C@H](c4cc(-c5c(F)cccc5F)nnc42)C3(C)C)C1. The summed E-state index contributed by atoms with van der Waals surface area (Å²) in [5, 5.41) is 11.5. The quantitative estimate of drug-likeness (QED) is 0.795. The molecule has 1 aromatic heterocycles. The number of nitrogens with zero attached hydrogens (tertiary/aromatic N) is 3. The van der Waals surface area contributed by atoms with Crippen LogP contribution in [0.25, 0.3) is 11.3 Å². The number of likely N-dealkylation sites (tertiary alicyclic amines) is 1. The lowest BCUT2D eigenvalue weighted by atomic mass is 9.67. The summed E-state index contributed by atoms with van der Waals surface area (Å²) in [6.45, 7) is 6.69. The first kappa shape index (κ1) is 21.0. The number of hydrogen-bond acceptors (Lipinski definition) is 4. The van der Waals surface area contributed by atoms with Gasteiger partial charge in [0.05, 0.1) is 22.4 Å². The number of nitrogens with one attached hydrogen (secondary N) is 1. The molecule has 1 aliphatic heterocycles. The lowest BCUT2D eigenvalue weighted by molar-refractivity contribution is -0.140. The average Bonchev–Trinajstić information content (AvgIpc) is 3.34. The van der Waals surface area contributed by atoms with Crippen LogP contribution in [-0.2, 0) is 15.0 Å². The molecule has 2 heterocycles. The maximum Gasteiger partial charge on any atom is 0.235 e. The highest BCUT2D eigenvalue weighted by Crippen LogP contribution is 2.68. The normalized spacial score (nSPS) is 27.5. The molecule has 0 unspecified atom stereocenters. The highest BCUT2D eigenvalue weighted by atomic mass is 19.1. The minimum atomic E-state index is -0.822. The van der Waals surface area contributed by atoms with Gasteiger partial charge in [0.25, 0.3) is 0 Å². The van der Waals surface area contributed by atoms with E-state index in [0.29, 0.717) is 25.2 Å². The molecule has 168 valence electrons. The Morgan fingerprint density at radius 3 is 2.56 bits per heavy atom. The molecule has 6 nitrogen and oxygen atoms in total. The molecule has 2 bridgehead atoms. The number of aromatic nitrogens is 2. The molecule has 2 amide bonds. The summed E-state index contributed by atoms with van der Waals surface area (Å²) in [5.41, 5.74) is 0.225. The second-order valence-electron chi connectivity index (χ2n) is 9.79. The minimum Gasteiger partial charge on any atom is -0.352 e. The topological polar surface area (TPSA) is 75.2 Å². The molecule has 2 aliphatic carbocycles. The molecular weight excluding hydrogens is 414 g/mol. The highest BCUT2D eigenvalue weighted by molar-refractivity contribution is 5.92. The van der Waals surface area contributed by atoms with Crippen molar-refractivity contribution in [2.75, 3.05) is 13.1 Å². The Balaban J connectivity index is 1.55. The van der Waals surface area contributed by atoms with E-state index in [4.69, 9.17) is 0 Å². The van der Waals surface area contributed by atoms with Crippen molar-refractivity contribution < 1.29 is 18.4 Å². The second kappa shape index (κ2) is 7.05. The molecule has 1 aromatic carbocycles. The van der Waals surface area contributed by atoms with E-state index >= 15 is 0 Å². The predicted molar refractivity (Wildman–Crippen MR) is 114 cm³/mol. The fourth-order valence-electron chi connectivity index (χ4n) is 6.28. The Morgan fingerprint density at radius 1 is 1.16 bits per heavy atom. The number of amides is 2. The summed E-state index contributed by atoms with van der Waals surface area (Å²) < 4.78 is 28.7. The number of carbonyl (C=O) groups is 2. The van der Waals surface area contributed by atoms with Gasteiger partial charge in [-0.15, -0.1) is 5.10 Å². The molecule has 0 radical (unpaired) electrons. The summed E-state index contributed by atoms with van der Waals surface area (Å²) in [5.74, 6) is -1.41. The average molecular weight is 440 g/mol. The van der Waals surface area contributed by atoms with Crippen LogP contribution in [-0.4, -0.2) is 46.0 Å². The van der Waals surface area contributed by atoms with Gasteiger partial charge >= 0.3 is 0 Å². The van der Waals surface area contributed by atoms with Gasteiger partial charge in [-0.1, -0.05) is 19.9 Å². The number of benzene rings is 1. The van der Waals surface area contributed by atoms with Gasteiger partial charge in [-0.25, -0.2) is 8.78 Å². The third kappa shape index (κ3) is 2.74. The molecule has 3 aliphatic rings. The Morgan fingerprint density at radius 2 is 1.88 bits per heavy atom. The van der Waals surface area contributed by atoms with Crippen LogP contribution in [0.3, 0.4) is 0 Å². The van der Waals surface area contributed by atoms with Crippen LogP contribution in [0.2, 0.25) is 0 Å². The molecular formula is C24H26F2N4O2. The first-order valence-electron chi connectivity index (χ1n) is 11.1. The molecule has 2 aromatic rings. The number of hydrogen-bond donors (Lipinski definition) is 1. The summed E-state index contributed by atoms with van der Waals surface area (Å²) in [6.07, 6.45) is 2.19. The van der Waals surface area contributed by atoms with Gasteiger partial charge in [-0.3, -0.25) is 9.59 Å². The van der Waals surface area contributed by atoms with Gasteiger partial charge in [-0.05, 0) is 54.4 Å². The van der Waals surface area contributed by atoms with Crippen LogP contribution in [0.15, 0.2) is 24.3 Å². The summed E-state index contributed by atoms with van der Waals surface area (Å²) in [7, 11) is 0. The molecule has 8 heteroatoms. The first-order chi connectivity index (χ1) is 15.2. The van der Waals surface area contributed by atoms with Crippen LogP contribution in [0, 0.1) is 17.0 Å². The third-order valence-electron chi connectivity index (χ3n) is 7.85. The maximum absolute atomic E-state index is 14.4. The predicted octanol–water partition coefficient (Wildman–Crippen LogP) is 3.31. The Hall–Kier alpha value is -2.90. The van der Waals surface area contributed by atoms with Gasteiger partial charge < -0.3 is 10.2 Å². The van der Waals surface area contributed by atoms with Gasteiger partial charge in [-0.2, -0.15) is 5.10 Å². The highest BCUT2D eigenvalue weighted by Gasteiger charge is 2.68. The van der Waals surface area contributed by atoms with Crippen LogP contribution in [0.5, 0.6) is 0 Å². The van der Waals surface area contributed by atoms with Gasteiger partial charge in [0.15, 0.2) is 0 Å². The lowest BCUT2D eigenvalue weighted by Crippen LogP contribution is -2.51. The van der Waals surface area contributed by atoms with Gasteiger partial charge in [0, 0.05) is 26.1 Å². The zero-order valence-electron chi connectivity index (χ0n) is 18.4. The van der Waals surface area contributed by atoms with E-state index in [1.807, 2.05) is 4.90 Å². The van der Waals surface area contributed by atoms with Crippen LogP contribution >= 0.6 is 0 Å². The zero-order chi connectivity index (χ0) is 22.8. The Kier molecular flexibility index (Phi) is 4.62. The third-order valence-corrected chi connectivity index (χ3v) is 7.85. The van der Waals surface area contributed by atoms with E-state index < -0.39 is 22.5 Å². The lowest BCUT2D eigenvalue weighted by Gasteiger charge is -2.39. The largest absolute Gasteiger partial charge is 0.352 e. The van der Waals surface area contributed by atoms with Crippen molar-refractivity contribution in [1.29, 1.82) is 0 Å². The molecule has 1 saturated carbocycles. The number of fused-ring (bicyclic) bond motifs is 5. The van der Waals surface area contributed by atoms with E-state index in [-0.39, 0.29) is 35.0 Å². The van der Waals surface area contributed by atoms with Crippen molar-refractivity contribution in [2.24, 2.45) is 5.41 Å². The number of rotatable bonds is 3. The Labute approximate surface area is 185 Å². The van der Waals surface area contributed by atoms with E-state index in [1.165, 1.54) is 25.1 Å². The zero-order valence-corrected chi connectivity index (χ0v) is 18.4. The van der Waals surface area contributed by atoms with Gasteiger partial charge in [0.1, 0.15) is 11.6 Å². The molecule has 1 N–H and O–H groups in total. The molecule has 0 spiro atoms. The van der Waals surface area contributed by atoms with Gasteiger partial charge in [0.2, 0.25) is 11.8 Å². The number of carbonyl (C=O) groups excluding carboxylic acids is 2. The van der Waals surface area contributed by atoms with Crippen molar-refractivity contribution in [3.63, 3.8) is 0 Å². The first-order valence-corrected chi connectivity index (χ1v) is 11.1. The molecule has 3 atom stereocenters. The molecule has 1 saturated heterocycles. The second-order valence-corrected chi connectivity index (χ2v) is 9.79. The summed E-state index contributed by atoms with van der Waals surface area (Å²) >= 11 is 0. The summed E-state index contributed by atoms with van der Waals surface area (Å²) in [4.78, 5) is 27.2. The molecule has 2 fully saturated rings. The van der Waals surface area contributed by atoms with Crippen molar-refractivity contribution in [3.05, 3.63) is 47.2 Å². The maximum atomic E-state index is 14.4. The van der Waals surface area contributed by atoms with E-state index in [1.54, 1.807) is 6.07 Å². The fraction of sp³-hybridized carbons (Fsp3) is 0.500. The van der Waals surface area contributed by atoms with E-state index in [9.17, 15) is 18.4 Å². The van der Waals surface area contributed by atoms with Crippen LogP contribution in [0.1, 0.15) is 57.2 Å². The summed E-state index contributed by atoms with van der Waals surface area (Å²) in [6, 6.07) is 5.39. The Bertz CT molecular complexity index is 1110. The van der Waals surface area contributed by atoms with Crippen molar-refractivity contribution in [3.8, 4) is 11.3 Å². The van der Waals surface area contributed by atoms with Crippen molar-refractivity contribution in [1.82, 2.24) is 20.4 Å². The van der Waals surface area contributed by atoms with Crippen molar-refractivity contribution >= 4 is 11.8 Å². The standard InChI is InChI=1S/C24H26F2N4O2/c1-13(31)27-14-8-10-30(12-14)22(32)24-9-7-16(23(24,2)3)15-11-19(28-29-21(15)24)20-17(25)5-4-6-18(20)26/h4-6,11,14,16H,7-10,12H2,1-3H3,(H,27,31)/t14-,16+,24-/m0/s1. The molecule has 5 rings (SSSR count). The van der Waals surface area contributed by atoms with Crippen molar-refractivity contribution in [2.45, 2.75) is 57.4 Å². The van der Waals surface area contributed by atoms with E-state index in [0.717, 1.165) is 18.4 Å². The number of halogens is 2.